The molecule has 1 atom stereocenters. The molecule has 0 spiro atoms. The molecule has 4 nitrogen and oxygen atoms in total. The topological polar surface area (TPSA) is 49.4 Å². The van der Waals surface area contributed by atoms with Crippen LogP contribution in [0.25, 0.3) is 0 Å². The van der Waals surface area contributed by atoms with E-state index in [1.54, 1.807) is 19.2 Å². The van der Waals surface area contributed by atoms with E-state index in [0.29, 0.717) is 11.6 Å². The molecule has 0 aromatic heterocycles. The van der Waals surface area contributed by atoms with Crippen LogP contribution in [-0.2, 0) is 10.2 Å². The van der Waals surface area contributed by atoms with E-state index in [1.165, 1.54) is 4.31 Å². The summed E-state index contributed by atoms with van der Waals surface area (Å²) in [4.78, 5) is 0. The van der Waals surface area contributed by atoms with E-state index >= 15 is 0 Å². The monoisotopic (exact) mass is 260 g/mol. The zero-order chi connectivity index (χ0) is 11.8. The maximum atomic E-state index is 11.6. The summed E-state index contributed by atoms with van der Waals surface area (Å²) in [6.07, 6.45) is 0.761. The molecular formula is C10H13ClN2O2S. The summed E-state index contributed by atoms with van der Waals surface area (Å²) in [5, 5.41) is 0.652. The van der Waals surface area contributed by atoms with Gasteiger partial charge in [0.05, 0.1) is 0 Å². The fourth-order valence-electron chi connectivity index (χ4n) is 1.69. The van der Waals surface area contributed by atoms with Gasteiger partial charge in [0.25, 0.3) is 10.2 Å². The molecule has 1 fully saturated rings. The number of benzene rings is 1. The number of rotatable bonds is 1. The summed E-state index contributed by atoms with van der Waals surface area (Å²) >= 11 is 5.78. The molecule has 1 heterocycles. The van der Waals surface area contributed by atoms with Crippen molar-refractivity contribution in [3.8, 4) is 0 Å². The molecule has 88 valence electrons. The molecule has 0 saturated carbocycles. The van der Waals surface area contributed by atoms with Gasteiger partial charge in [0, 0.05) is 24.7 Å². The Balaban J connectivity index is 2.21. The van der Waals surface area contributed by atoms with Crippen molar-refractivity contribution in [3.05, 3.63) is 34.9 Å². The SMILES string of the molecule is CN1CC[C@H](c2ccc(Cl)cc2)NS1(=O)=O. The smallest absolute Gasteiger partial charge is 0.195 e. The predicted molar refractivity (Wildman–Crippen MR) is 63.5 cm³/mol. The molecule has 0 aliphatic carbocycles. The highest BCUT2D eigenvalue weighted by Crippen LogP contribution is 2.24. The van der Waals surface area contributed by atoms with Crippen molar-refractivity contribution in [3.63, 3.8) is 0 Å². The lowest BCUT2D eigenvalue weighted by Crippen LogP contribution is -2.46. The van der Waals surface area contributed by atoms with E-state index in [4.69, 9.17) is 11.6 Å². The van der Waals surface area contributed by atoms with Crippen molar-refractivity contribution in [1.82, 2.24) is 9.03 Å². The molecule has 1 saturated heterocycles. The fourth-order valence-corrected chi connectivity index (χ4v) is 2.95. The van der Waals surface area contributed by atoms with Crippen molar-refractivity contribution in [2.45, 2.75) is 12.5 Å². The summed E-state index contributed by atoms with van der Waals surface area (Å²) in [5.74, 6) is 0. The van der Waals surface area contributed by atoms with E-state index < -0.39 is 10.2 Å². The summed E-state index contributed by atoms with van der Waals surface area (Å²) < 4.78 is 27.2. The van der Waals surface area contributed by atoms with Crippen molar-refractivity contribution >= 4 is 21.8 Å². The van der Waals surface area contributed by atoms with Crippen molar-refractivity contribution < 1.29 is 8.42 Å². The lowest BCUT2D eigenvalue weighted by Gasteiger charge is -2.29. The van der Waals surface area contributed by atoms with Gasteiger partial charge in [-0.15, -0.1) is 0 Å². The van der Waals surface area contributed by atoms with E-state index in [9.17, 15) is 8.42 Å². The third-order valence-corrected chi connectivity index (χ3v) is 4.54. The average molecular weight is 261 g/mol. The lowest BCUT2D eigenvalue weighted by molar-refractivity contribution is 0.382. The summed E-state index contributed by atoms with van der Waals surface area (Å²) in [6.45, 7) is 0.530. The Kier molecular flexibility index (Phi) is 3.21. The van der Waals surface area contributed by atoms with Gasteiger partial charge in [-0.05, 0) is 24.1 Å². The first-order valence-corrected chi connectivity index (χ1v) is 6.80. The second-order valence-corrected chi connectivity index (χ2v) is 6.08. The molecule has 16 heavy (non-hydrogen) atoms. The van der Waals surface area contributed by atoms with Crippen LogP contribution < -0.4 is 4.72 Å². The van der Waals surface area contributed by atoms with Crippen LogP contribution in [0.15, 0.2) is 24.3 Å². The first-order chi connectivity index (χ1) is 7.49. The number of hydrogen-bond donors (Lipinski definition) is 1. The zero-order valence-electron chi connectivity index (χ0n) is 8.85. The summed E-state index contributed by atoms with van der Waals surface area (Å²) in [6, 6.07) is 7.08. The third-order valence-electron chi connectivity index (χ3n) is 2.71. The van der Waals surface area contributed by atoms with Gasteiger partial charge in [-0.25, -0.2) is 0 Å². The quantitative estimate of drug-likeness (QED) is 0.833. The minimum absolute atomic E-state index is 0.154. The van der Waals surface area contributed by atoms with Crippen LogP contribution in [0.2, 0.25) is 5.02 Å². The van der Waals surface area contributed by atoms with E-state index in [0.717, 1.165) is 12.0 Å². The van der Waals surface area contributed by atoms with E-state index in [1.807, 2.05) is 12.1 Å². The Morgan fingerprint density at radius 2 is 2.00 bits per heavy atom. The second-order valence-electron chi connectivity index (χ2n) is 3.84. The minimum Gasteiger partial charge on any atom is -0.195 e. The van der Waals surface area contributed by atoms with Crippen LogP contribution in [0.4, 0.5) is 0 Å². The second kappa shape index (κ2) is 4.33. The molecule has 2 rings (SSSR count). The van der Waals surface area contributed by atoms with Crippen LogP contribution >= 0.6 is 11.6 Å². The van der Waals surface area contributed by atoms with Crippen LogP contribution in [0.5, 0.6) is 0 Å². The Labute approximate surface area is 100 Å². The molecule has 1 aromatic carbocycles. The van der Waals surface area contributed by atoms with Gasteiger partial charge in [0.15, 0.2) is 0 Å². The van der Waals surface area contributed by atoms with Crippen LogP contribution in [-0.4, -0.2) is 26.3 Å². The van der Waals surface area contributed by atoms with Crippen molar-refractivity contribution in [2.75, 3.05) is 13.6 Å². The number of nitrogens with one attached hydrogen (secondary N) is 1. The Hall–Kier alpha value is -0.620. The first kappa shape index (κ1) is 11.9. The van der Waals surface area contributed by atoms with Gasteiger partial charge >= 0.3 is 0 Å². The zero-order valence-corrected chi connectivity index (χ0v) is 10.4. The maximum Gasteiger partial charge on any atom is 0.279 e. The first-order valence-electron chi connectivity index (χ1n) is 4.98. The van der Waals surface area contributed by atoms with E-state index in [-0.39, 0.29) is 6.04 Å². The molecule has 0 unspecified atom stereocenters. The molecule has 1 aliphatic rings. The molecule has 1 aromatic rings. The molecule has 0 radical (unpaired) electrons. The fraction of sp³-hybridized carbons (Fsp3) is 0.400. The number of nitrogens with zero attached hydrogens (tertiary/aromatic N) is 1. The van der Waals surface area contributed by atoms with Gasteiger partial charge in [-0.2, -0.15) is 17.4 Å². The minimum atomic E-state index is -3.32. The normalized spacial score (nSPS) is 25.5. The highest BCUT2D eigenvalue weighted by Gasteiger charge is 2.28. The predicted octanol–water partition coefficient (Wildman–Crippen LogP) is 1.55. The third kappa shape index (κ3) is 2.38. The molecule has 6 heteroatoms. The molecule has 1 aliphatic heterocycles. The summed E-state index contributed by atoms with van der Waals surface area (Å²) in [5.41, 5.74) is 0.945. The molecular weight excluding hydrogens is 248 g/mol. The van der Waals surface area contributed by atoms with Gasteiger partial charge in [0.2, 0.25) is 0 Å². The highest BCUT2D eigenvalue weighted by molar-refractivity contribution is 7.87. The van der Waals surface area contributed by atoms with Crippen LogP contribution in [0, 0.1) is 0 Å². The van der Waals surface area contributed by atoms with Crippen molar-refractivity contribution in [2.24, 2.45) is 0 Å². The highest BCUT2D eigenvalue weighted by atomic mass is 35.5. The van der Waals surface area contributed by atoms with Crippen LogP contribution in [0.3, 0.4) is 0 Å². The standard InChI is InChI=1S/C10H13ClN2O2S/c1-13-7-6-10(12-16(13,14)15)8-2-4-9(11)5-3-8/h2-5,10,12H,6-7H2,1H3/t10-/m1/s1. The Bertz CT molecular complexity index is 472. The van der Waals surface area contributed by atoms with Gasteiger partial charge in [-0.1, -0.05) is 23.7 Å². The summed E-state index contributed by atoms with van der Waals surface area (Å²) in [7, 11) is -1.75. The van der Waals surface area contributed by atoms with Crippen LogP contribution in [0.1, 0.15) is 18.0 Å². The van der Waals surface area contributed by atoms with Gasteiger partial charge < -0.3 is 0 Å². The van der Waals surface area contributed by atoms with Crippen molar-refractivity contribution in [1.29, 1.82) is 0 Å². The van der Waals surface area contributed by atoms with E-state index in [2.05, 4.69) is 4.72 Å². The number of halogens is 1. The Morgan fingerprint density at radius 1 is 1.38 bits per heavy atom. The largest absolute Gasteiger partial charge is 0.279 e. The Morgan fingerprint density at radius 3 is 2.56 bits per heavy atom. The molecule has 0 amide bonds. The van der Waals surface area contributed by atoms with Gasteiger partial charge in [-0.3, -0.25) is 0 Å². The number of hydrogen-bond acceptors (Lipinski definition) is 2. The molecule has 0 bridgehead atoms. The molecule has 1 N–H and O–H groups in total. The average Bonchev–Trinajstić information content (AvgIpc) is 2.23. The van der Waals surface area contributed by atoms with Gasteiger partial charge in [0.1, 0.15) is 0 Å². The maximum absolute atomic E-state index is 11.6. The lowest BCUT2D eigenvalue weighted by atomic mass is 10.1.